The minimum atomic E-state index is -0.354. The van der Waals surface area contributed by atoms with Crippen molar-refractivity contribution in [1.82, 2.24) is 14.7 Å². The summed E-state index contributed by atoms with van der Waals surface area (Å²) in [5.74, 6) is -0.0123. The van der Waals surface area contributed by atoms with Gasteiger partial charge in [0.15, 0.2) is 0 Å². The fraction of sp³-hybridized carbons (Fsp3) is 0.190. The van der Waals surface area contributed by atoms with Crippen molar-refractivity contribution in [2.24, 2.45) is 0 Å². The highest BCUT2D eigenvalue weighted by atomic mass is 35.5. The van der Waals surface area contributed by atoms with Crippen molar-refractivity contribution in [2.75, 3.05) is 31.1 Å². The van der Waals surface area contributed by atoms with Crippen LogP contribution in [0.25, 0.3) is 11.8 Å². The molecule has 148 valence electrons. The molecule has 2 aromatic heterocycles. The van der Waals surface area contributed by atoms with E-state index in [4.69, 9.17) is 11.6 Å². The van der Waals surface area contributed by atoms with Crippen molar-refractivity contribution in [2.45, 2.75) is 0 Å². The molecule has 1 aliphatic rings. The lowest BCUT2D eigenvalue weighted by atomic mass is 10.2. The van der Waals surface area contributed by atoms with Crippen molar-refractivity contribution in [1.29, 1.82) is 0 Å². The van der Waals surface area contributed by atoms with Crippen molar-refractivity contribution in [3.63, 3.8) is 0 Å². The van der Waals surface area contributed by atoms with Crippen LogP contribution in [-0.2, 0) is 4.79 Å². The summed E-state index contributed by atoms with van der Waals surface area (Å²) in [6.45, 7) is 2.31. The highest BCUT2D eigenvalue weighted by molar-refractivity contribution is 7.10. The van der Waals surface area contributed by atoms with Crippen LogP contribution in [0, 0.1) is 0 Å². The van der Waals surface area contributed by atoms with Crippen molar-refractivity contribution in [3.05, 3.63) is 80.4 Å². The smallest absolute Gasteiger partial charge is 0.292 e. The zero-order chi connectivity index (χ0) is 20.2. The number of benzene rings is 1. The molecule has 1 aliphatic heterocycles. The minimum Gasteiger partial charge on any atom is -0.365 e. The van der Waals surface area contributed by atoms with E-state index in [0.29, 0.717) is 37.6 Å². The van der Waals surface area contributed by atoms with E-state index in [9.17, 15) is 9.59 Å². The van der Waals surface area contributed by atoms with E-state index in [1.54, 1.807) is 40.6 Å². The topological polar surface area (TPSA) is 58.4 Å². The fourth-order valence-corrected chi connectivity index (χ4v) is 4.08. The number of carbonyl (C=O) groups is 1. The molecule has 0 spiro atoms. The van der Waals surface area contributed by atoms with E-state index in [-0.39, 0.29) is 16.5 Å². The molecule has 0 aliphatic carbocycles. The Kier molecular flexibility index (Phi) is 5.78. The van der Waals surface area contributed by atoms with Gasteiger partial charge >= 0.3 is 0 Å². The second-order valence-corrected chi connectivity index (χ2v) is 7.91. The molecule has 0 bridgehead atoms. The Morgan fingerprint density at radius 1 is 1.07 bits per heavy atom. The van der Waals surface area contributed by atoms with Crippen molar-refractivity contribution < 1.29 is 4.79 Å². The standard InChI is InChI=1S/C21H19ClN4O2S/c22-20-18(15-23-26(21(20)28)16-5-2-1-3-6-16)24-10-12-25(13-11-24)19(27)9-8-17-7-4-14-29-17/h1-9,14-15H,10-13H2. The lowest BCUT2D eigenvalue weighted by molar-refractivity contribution is -0.126. The molecular weight excluding hydrogens is 408 g/mol. The van der Waals surface area contributed by atoms with E-state index < -0.39 is 0 Å². The predicted octanol–water partition coefficient (Wildman–Crippen LogP) is 3.31. The second kappa shape index (κ2) is 8.63. The Labute approximate surface area is 177 Å². The summed E-state index contributed by atoms with van der Waals surface area (Å²) in [4.78, 5) is 29.9. The third-order valence-electron chi connectivity index (χ3n) is 4.77. The Hall–Kier alpha value is -2.90. The van der Waals surface area contributed by atoms with E-state index >= 15 is 0 Å². The van der Waals surface area contributed by atoms with Crippen LogP contribution >= 0.6 is 22.9 Å². The van der Waals surface area contributed by atoms with Crippen molar-refractivity contribution in [3.8, 4) is 5.69 Å². The summed E-state index contributed by atoms with van der Waals surface area (Å²) in [6.07, 6.45) is 5.06. The maximum atomic E-state index is 12.7. The third kappa shape index (κ3) is 4.26. The van der Waals surface area contributed by atoms with E-state index in [2.05, 4.69) is 5.10 Å². The maximum absolute atomic E-state index is 12.7. The monoisotopic (exact) mass is 426 g/mol. The number of halogens is 1. The van der Waals surface area contributed by atoms with Gasteiger partial charge in [-0.15, -0.1) is 11.3 Å². The highest BCUT2D eigenvalue weighted by Gasteiger charge is 2.23. The Balaban J connectivity index is 1.44. The molecule has 8 heteroatoms. The zero-order valence-electron chi connectivity index (χ0n) is 15.6. The first-order valence-corrected chi connectivity index (χ1v) is 10.5. The molecule has 1 saturated heterocycles. The molecule has 0 saturated carbocycles. The van der Waals surface area contributed by atoms with Gasteiger partial charge in [-0.2, -0.15) is 9.78 Å². The van der Waals surface area contributed by atoms with Gasteiger partial charge < -0.3 is 9.80 Å². The Morgan fingerprint density at radius 2 is 1.83 bits per heavy atom. The summed E-state index contributed by atoms with van der Waals surface area (Å²) in [6, 6.07) is 13.1. The lowest BCUT2D eigenvalue weighted by Gasteiger charge is -2.35. The maximum Gasteiger partial charge on any atom is 0.292 e. The molecular formula is C21H19ClN4O2S. The number of para-hydroxylation sites is 1. The number of rotatable bonds is 4. The largest absolute Gasteiger partial charge is 0.365 e. The zero-order valence-corrected chi connectivity index (χ0v) is 17.1. The molecule has 3 aromatic rings. The molecule has 4 rings (SSSR count). The summed E-state index contributed by atoms with van der Waals surface area (Å²) >= 11 is 7.97. The molecule has 6 nitrogen and oxygen atoms in total. The number of anilines is 1. The third-order valence-corrected chi connectivity index (χ3v) is 5.96. The van der Waals surface area contributed by atoms with Crippen LogP contribution in [0.1, 0.15) is 4.88 Å². The highest BCUT2D eigenvalue weighted by Crippen LogP contribution is 2.23. The molecule has 1 fully saturated rings. The number of hydrogen-bond donors (Lipinski definition) is 0. The average Bonchev–Trinajstić information content (AvgIpc) is 3.28. The number of piperazine rings is 1. The van der Waals surface area contributed by atoms with Crippen molar-refractivity contribution >= 4 is 40.6 Å². The van der Waals surface area contributed by atoms with Gasteiger partial charge in [-0.25, -0.2) is 0 Å². The summed E-state index contributed by atoms with van der Waals surface area (Å²) in [5, 5.41) is 6.40. The first-order valence-electron chi connectivity index (χ1n) is 9.22. The SMILES string of the molecule is O=C(C=Cc1cccs1)N1CCN(c2cnn(-c3ccccc3)c(=O)c2Cl)CC1. The number of nitrogens with zero attached hydrogens (tertiary/aromatic N) is 4. The number of hydrogen-bond acceptors (Lipinski definition) is 5. The van der Waals surface area contributed by atoms with Gasteiger partial charge in [-0.3, -0.25) is 9.59 Å². The van der Waals surface area contributed by atoms with E-state index in [1.807, 2.05) is 46.7 Å². The van der Waals surface area contributed by atoms with Gasteiger partial charge in [0, 0.05) is 37.1 Å². The lowest BCUT2D eigenvalue weighted by Crippen LogP contribution is -2.48. The summed E-state index contributed by atoms with van der Waals surface area (Å²) in [7, 11) is 0. The van der Waals surface area contributed by atoms with Gasteiger partial charge in [-0.05, 0) is 29.7 Å². The van der Waals surface area contributed by atoms with Crippen LogP contribution in [0.2, 0.25) is 5.02 Å². The Morgan fingerprint density at radius 3 is 2.52 bits per heavy atom. The van der Waals surface area contributed by atoms with Crippen LogP contribution in [0.4, 0.5) is 5.69 Å². The average molecular weight is 427 g/mol. The molecule has 3 heterocycles. The molecule has 0 radical (unpaired) electrons. The van der Waals surface area contributed by atoms with Crippen LogP contribution < -0.4 is 10.5 Å². The molecule has 0 unspecified atom stereocenters. The first kappa shape index (κ1) is 19.4. The predicted molar refractivity (Wildman–Crippen MR) is 117 cm³/mol. The van der Waals surface area contributed by atoms with Gasteiger partial charge in [0.25, 0.3) is 5.56 Å². The van der Waals surface area contributed by atoms with Gasteiger partial charge in [0.05, 0.1) is 17.6 Å². The van der Waals surface area contributed by atoms with Gasteiger partial charge in [-0.1, -0.05) is 35.9 Å². The number of aromatic nitrogens is 2. The quantitative estimate of drug-likeness (QED) is 0.600. The second-order valence-electron chi connectivity index (χ2n) is 6.56. The molecule has 1 aromatic carbocycles. The Bertz CT molecular complexity index is 1070. The first-order chi connectivity index (χ1) is 14.1. The van der Waals surface area contributed by atoms with Crippen LogP contribution in [0.15, 0.2) is 64.9 Å². The summed E-state index contributed by atoms with van der Waals surface area (Å²) < 4.78 is 1.29. The molecule has 1 amide bonds. The number of carbonyl (C=O) groups excluding carboxylic acids is 1. The molecule has 29 heavy (non-hydrogen) atoms. The van der Waals surface area contributed by atoms with E-state index in [1.165, 1.54) is 4.68 Å². The summed E-state index contributed by atoms with van der Waals surface area (Å²) in [5.41, 5.74) is 0.914. The van der Waals surface area contributed by atoms with E-state index in [0.717, 1.165) is 4.88 Å². The normalized spacial score (nSPS) is 14.5. The van der Waals surface area contributed by atoms with Crippen LogP contribution in [0.3, 0.4) is 0 Å². The number of thiophene rings is 1. The molecule has 0 atom stereocenters. The van der Waals surface area contributed by atoms with Gasteiger partial charge in [0.1, 0.15) is 5.02 Å². The minimum absolute atomic E-state index is 0.0123. The van der Waals surface area contributed by atoms with Gasteiger partial charge in [0.2, 0.25) is 5.91 Å². The van der Waals surface area contributed by atoms with Crippen LogP contribution in [0.5, 0.6) is 0 Å². The molecule has 0 N–H and O–H groups in total. The number of amides is 1. The van der Waals surface area contributed by atoms with Crippen LogP contribution in [-0.4, -0.2) is 46.8 Å². The fourth-order valence-electron chi connectivity index (χ4n) is 3.21.